The number of nitrogens with zero attached hydrogens (tertiary/aromatic N) is 1. The number of aryl methyl sites for hydroxylation is 1. The smallest absolute Gasteiger partial charge is 0.341 e. The van der Waals surface area contributed by atoms with Crippen molar-refractivity contribution in [1.29, 1.82) is 0 Å². The van der Waals surface area contributed by atoms with Gasteiger partial charge >= 0.3 is 5.97 Å². The van der Waals surface area contributed by atoms with Gasteiger partial charge in [-0.15, -0.1) is 11.3 Å². The number of hydrogen-bond donors (Lipinski definition) is 2. The van der Waals surface area contributed by atoms with E-state index < -0.39 is 11.8 Å². The molecule has 1 aromatic carbocycles. The fraction of sp³-hybridized carbons (Fsp3) is 0.381. The van der Waals surface area contributed by atoms with Crippen LogP contribution in [0.1, 0.15) is 34.1 Å². The molecule has 1 heterocycles. The minimum Gasteiger partial charge on any atom is -0.462 e. The highest BCUT2D eigenvalue weighted by Crippen LogP contribution is 2.39. The van der Waals surface area contributed by atoms with E-state index in [0.717, 1.165) is 29.7 Å². The molecule has 7 nitrogen and oxygen atoms in total. The summed E-state index contributed by atoms with van der Waals surface area (Å²) in [6, 6.07) is 5.59. The molecule has 2 amide bonds. The second-order valence-electron chi connectivity index (χ2n) is 7.06. The van der Waals surface area contributed by atoms with Crippen molar-refractivity contribution >= 4 is 39.8 Å². The molecule has 160 valence electrons. The second kappa shape index (κ2) is 9.82. The van der Waals surface area contributed by atoms with Gasteiger partial charge in [0.25, 0.3) is 0 Å². The Bertz CT molecular complexity index is 960. The Hall–Kier alpha value is -2.78. The molecular formula is C21H24FN3O4S. The molecule has 0 saturated heterocycles. The highest BCUT2D eigenvalue weighted by atomic mass is 32.1. The number of nitrogens with one attached hydrogen (secondary N) is 2. The molecule has 2 N–H and O–H groups in total. The highest BCUT2D eigenvalue weighted by molar-refractivity contribution is 7.17. The Morgan fingerprint density at radius 3 is 2.60 bits per heavy atom. The fourth-order valence-electron chi connectivity index (χ4n) is 3.39. The highest BCUT2D eigenvalue weighted by Gasteiger charge is 2.28. The quantitative estimate of drug-likeness (QED) is 0.625. The first-order chi connectivity index (χ1) is 14.4. The monoisotopic (exact) mass is 433 g/mol. The van der Waals surface area contributed by atoms with Crippen LogP contribution >= 0.6 is 11.3 Å². The summed E-state index contributed by atoms with van der Waals surface area (Å²) in [5.74, 6) is -1.56. The van der Waals surface area contributed by atoms with Crippen LogP contribution in [0.4, 0.5) is 15.1 Å². The summed E-state index contributed by atoms with van der Waals surface area (Å²) < 4.78 is 18.4. The molecule has 0 bridgehead atoms. The summed E-state index contributed by atoms with van der Waals surface area (Å²) in [7, 11) is 1.63. The van der Waals surface area contributed by atoms with Crippen molar-refractivity contribution < 1.29 is 23.5 Å². The van der Waals surface area contributed by atoms with Crippen molar-refractivity contribution in [1.82, 2.24) is 4.90 Å². The molecule has 0 unspecified atom stereocenters. The summed E-state index contributed by atoms with van der Waals surface area (Å²) in [5, 5.41) is 5.89. The number of hydrogen-bond acceptors (Lipinski definition) is 6. The SMILES string of the molecule is CCOC(=O)c1c(NC(=O)CN(C)CC(=O)Nc2cccc(F)c2)sc2c1CCC2. The minimum absolute atomic E-state index is 0.0403. The molecule has 3 rings (SSSR count). The van der Waals surface area contributed by atoms with E-state index in [0.29, 0.717) is 16.3 Å². The Balaban J connectivity index is 1.57. The number of rotatable bonds is 8. The normalized spacial score (nSPS) is 12.5. The average molecular weight is 434 g/mol. The van der Waals surface area contributed by atoms with Crippen molar-refractivity contribution in [3.05, 3.63) is 46.1 Å². The molecule has 1 aromatic heterocycles. The summed E-state index contributed by atoms with van der Waals surface area (Å²) in [5.41, 5.74) is 1.77. The minimum atomic E-state index is -0.444. The lowest BCUT2D eigenvalue weighted by molar-refractivity contribution is -0.119. The zero-order chi connectivity index (χ0) is 21.7. The van der Waals surface area contributed by atoms with E-state index in [2.05, 4.69) is 10.6 Å². The lowest BCUT2D eigenvalue weighted by Gasteiger charge is -2.16. The van der Waals surface area contributed by atoms with Crippen molar-refractivity contribution in [3.8, 4) is 0 Å². The van der Waals surface area contributed by atoms with E-state index in [4.69, 9.17) is 4.74 Å². The number of fused-ring (bicyclic) bond motifs is 1. The molecule has 0 saturated carbocycles. The molecule has 0 fully saturated rings. The summed E-state index contributed by atoms with van der Waals surface area (Å²) >= 11 is 1.41. The Morgan fingerprint density at radius 2 is 1.90 bits per heavy atom. The molecule has 1 aliphatic rings. The Morgan fingerprint density at radius 1 is 1.17 bits per heavy atom. The topological polar surface area (TPSA) is 87.7 Å². The fourth-order valence-corrected chi connectivity index (χ4v) is 4.68. The van der Waals surface area contributed by atoms with Gasteiger partial charge in [0, 0.05) is 10.6 Å². The van der Waals surface area contributed by atoms with Crippen molar-refractivity contribution in [2.75, 3.05) is 37.4 Å². The number of likely N-dealkylation sites (N-methyl/N-ethyl adjacent to an activating group) is 1. The molecular weight excluding hydrogens is 409 g/mol. The van der Waals surface area contributed by atoms with Gasteiger partial charge in [-0.2, -0.15) is 0 Å². The number of carbonyl (C=O) groups is 3. The van der Waals surface area contributed by atoms with Gasteiger partial charge in [0.2, 0.25) is 11.8 Å². The van der Waals surface area contributed by atoms with Gasteiger partial charge in [-0.3, -0.25) is 14.5 Å². The van der Waals surface area contributed by atoms with Crippen molar-refractivity contribution in [2.45, 2.75) is 26.2 Å². The average Bonchev–Trinajstić information content (AvgIpc) is 3.21. The van der Waals surface area contributed by atoms with Crippen LogP contribution in [0.15, 0.2) is 24.3 Å². The summed E-state index contributed by atoms with van der Waals surface area (Å²) in [6.45, 7) is 1.92. The summed E-state index contributed by atoms with van der Waals surface area (Å²) in [6.07, 6.45) is 2.68. The van der Waals surface area contributed by atoms with E-state index in [1.165, 1.54) is 34.4 Å². The molecule has 0 aliphatic heterocycles. The number of carbonyl (C=O) groups excluding carboxylic acids is 3. The predicted molar refractivity (Wildman–Crippen MR) is 113 cm³/mol. The largest absolute Gasteiger partial charge is 0.462 e. The van der Waals surface area contributed by atoms with E-state index in [9.17, 15) is 18.8 Å². The third kappa shape index (κ3) is 5.43. The van der Waals surface area contributed by atoms with Gasteiger partial charge in [0.05, 0.1) is 25.3 Å². The van der Waals surface area contributed by atoms with Crippen LogP contribution in [0.2, 0.25) is 0 Å². The number of ether oxygens (including phenoxy) is 1. The third-order valence-corrected chi connectivity index (χ3v) is 5.80. The Labute approximate surface area is 178 Å². The standard InChI is InChI=1S/C21H24FN3O4S/c1-3-29-21(28)19-15-8-5-9-16(15)30-20(19)24-18(27)12-25(2)11-17(26)23-14-7-4-6-13(22)10-14/h4,6-7,10H,3,5,8-9,11-12H2,1-2H3,(H,23,26)(H,24,27). The number of anilines is 2. The van der Waals surface area contributed by atoms with Gasteiger partial charge < -0.3 is 15.4 Å². The van der Waals surface area contributed by atoms with Gasteiger partial charge in [0.1, 0.15) is 10.8 Å². The van der Waals surface area contributed by atoms with E-state index in [-0.39, 0.29) is 31.5 Å². The van der Waals surface area contributed by atoms with Crippen molar-refractivity contribution in [2.24, 2.45) is 0 Å². The predicted octanol–water partition coefficient (Wildman–Crippen LogP) is 3.06. The third-order valence-electron chi connectivity index (χ3n) is 4.59. The molecule has 1 aliphatic carbocycles. The van der Waals surface area contributed by atoms with Crippen LogP contribution in [0.25, 0.3) is 0 Å². The van der Waals surface area contributed by atoms with Crippen LogP contribution in [0, 0.1) is 5.82 Å². The van der Waals surface area contributed by atoms with Crippen LogP contribution in [-0.4, -0.2) is 49.4 Å². The molecule has 0 atom stereocenters. The van der Waals surface area contributed by atoms with Gasteiger partial charge in [0.15, 0.2) is 0 Å². The molecule has 0 radical (unpaired) electrons. The first-order valence-electron chi connectivity index (χ1n) is 9.72. The maximum absolute atomic E-state index is 13.2. The summed E-state index contributed by atoms with van der Waals surface area (Å²) in [4.78, 5) is 39.6. The van der Waals surface area contributed by atoms with Crippen LogP contribution in [0.3, 0.4) is 0 Å². The molecule has 9 heteroatoms. The second-order valence-corrected chi connectivity index (χ2v) is 8.17. The van der Waals surface area contributed by atoms with Gasteiger partial charge in [-0.1, -0.05) is 6.07 Å². The lowest BCUT2D eigenvalue weighted by Crippen LogP contribution is -2.36. The number of benzene rings is 1. The zero-order valence-electron chi connectivity index (χ0n) is 16.9. The maximum Gasteiger partial charge on any atom is 0.341 e. The number of thiophene rings is 1. The van der Waals surface area contributed by atoms with Crippen molar-refractivity contribution in [3.63, 3.8) is 0 Å². The van der Waals surface area contributed by atoms with Crippen LogP contribution in [0.5, 0.6) is 0 Å². The maximum atomic E-state index is 13.2. The van der Waals surface area contributed by atoms with E-state index >= 15 is 0 Å². The van der Waals surface area contributed by atoms with Crippen LogP contribution < -0.4 is 10.6 Å². The molecule has 2 aromatic rings. The first kappa shape index (κ1) is 21.9. The van der Waals surface area contributed by atoms with E-state index in [1.54, 1.807) is 20.0 Å². The zero-order valence-corrected chi connectivity index (χ0v) is 17.7. The van der Waals surface area contributed by atoms with Crippen LogP contribution in [-0.2, 0) is 27.2 Å². The van der Waals surface area contributed by atoms with E-state index in [1.807, 2.05) is 0 Å². The molecule has 0 spiro atoms. The molecule has 30 heavy (non-hydrogen) atoms. The number of amides is 2. The lowest BCUT2D eigenvalue weighted by atomic mass is 10.1. The number of esters is 1. The number of halogens is 1. The first-order valence-corrected chi connectivity index (χ1v) is 10.5. The Kier molecular flexibility index (Phi) is 7.17. The van der Waals surface area contributed by atoms with Gasteiger partial charge in [-0.05, 0) is 57.0 Å². The van der Waals surface area contributed by atoms with Gasteiger partial charge in [-0.25, -0.2) is 9.18 Å².